The zero-order chi connectivity index (χ0) is 12.7. The van der Waals surface area contributed by atoms with Gasteiger partial charge in [0.05, 0.1) is 16.2 Å². The number of pyridine rings is 1. The number of aromatic nitrogens is 3. The second-order valence-corrected chi connectivity index (χ2v) is 4.71. The lowest BCUT2D eigenvalue weighted by Gasteiger charge is -1.94. The maximum absolute atomic E-state index is 5.94. The number of anilines is 1. The van der Waals surface area contributed by atoms with Gasteiger partial charge in [0.15, 0.2) is 5.82 Å². The summed E-state index contributed by atoms with van der Waals surface area (Å²) in [5.41, 5.74) is 8.57. The fraction of sp³-hybridized carbons (Fsp3) is 0. The fourth-order valence-corrected chi connectivity index (χ4v) is 2.08. The van der Waals surface area contributed by atoms with Gasteiger partial charge in [-0.3, -0.25) is 4.98 Å². The summed E-state index contributed by atoms with van der Waals surface area (Å²) in [6, 6.07) is 6.99. The molecule has 0 spiro atoms. The molecule has 90 valence electrons. The molecular weight excluding hydrogens is 271 g/mol. The number of hydrogen-bond acceptors (Lipinski definition) is 3. The van der Waals surface area contributed by atoms with Crippen LogP contribution in [0.25, 0.3) is 22.6 Å². The van der Waals surface area contributed by atoms with Crippen LogP contribution in [0.3, 0.4) is 0 Å². The molecule has 0 radical (unpaired) electrons. The molecule has 0 aliphatic rings. The van der Waals surface area contributed by atoms with Gasteiger partial charge >= 0.3 is 0 Å². The molecule has 2 aromatic heterocycles. The number of nitrogens with two attached hydrogens (primary N) is 1. The molecule has 0 aliphatic heterocycles. The van der Waals surface area contributed by atoms with Gasteiger partial charge in [0.2, 0.25) is 0 Å². The molecule has 0 saturated heterocycles. The lowest BCUT2D eigenvalue weighted by atomic mass is 10.3. The lowest BCUT2D eigenvalue weighted by Crippen LogP contribution is -1.86. The first-order valence-corrected chi connectivity index (χ1v) is 5.96. The van der Waals surface area contributed by atoms with Gasteiger partial charge in [-0.05, 0) is 24.3 Å². The molecule has 3 aromatic rings. The highest BCUT2D eigenvalue weighted by Gasteiger charge is 2.09. The number of rotatable bonds is 1. The highest BCUT2D eigenvalue weighted by molar-refractivity contribution is 6.31. The van der Waals surface area contributed by atoms with Crippen molar-refractivity contribution in [2.24, 2.45) is 0 Å². The number of aromatic amines is 1. The van der Waals surface area contributed by atoms with Crippen molar-refractivity contribution in [3.63, 3.8) is 0 Å². The Labute approximate surface area is 113 Å². The zero-order valence-corrected chi connectivity index (χ0v) is 10.6. The van der Waals surface area contributed by atoms with E-state index in [9.17, 15) is 0 Å². The van der Waals surface area contributed by atoms with E-state index in [0.717, 1.165) is 5.52 Å². The quantitative estimate of drug-likeness (QED) is 0.670. The standard InChI is InChI=1S/C12H8Cl2N4/c13-6-1-2-9(16-5-6)12-17-10-4-7(14)3-8(15)11(10)18-12/h1-5H,15H2,(H,17,18). The van der Waals surface area contributed by atoms with E-state index in [1.54, 1.807) is 30.5 Å². The molecule has 18 heavy (non-hydrogen) atoms. The van der Waals surface area contributed by atoms with Crippen molar-refractivity contribution in [2.45, 2.75) is 0 Å². The predicted molar refractivity (Wildman–Crippen MR) is 73.8 cm³/mol. The van der Waals surface area contributed by atoms with Crippen molar-refractivity contribution < 1.29 is 0 Å². The SMILES string of the molecule is Nc1cc(Cl)cc2[nH]c(-c3ccc(Cl)cn3)nc12. The number of hydrogen-bond donors (Lipinski definition) is 2. The van der Waals surface area contributed by atoms with Gasteiger partial charge in [0, 0.05) is 11.2 Å². The Morgan fingerprint density at radius 1 is 1.11 bits per heavy atom. The van der Waals surface area contributed by atoms with Crippen LogP contribution in [0.1, 0.15) is 0 Å². The van der Waals surface area contributed by atoms with Crippen molar-refractivity contribution in [3.05, 3.63) is 40.5 Å². The zero-order valence-electron chi connectivity index (χ0n) is 9.11. The molecule has 6 heteroatoms. The van der Waals surface area contributed by atoms with Crippen LogP contribution >= 0.6 is 23.2 Å². The van der Waals surface area contributed by atoms with Gasteiger partial charge in [0.1, 0.15) is 11.2 Å². The monoisotopic (exact) mass is 278 g/mol. The summed E-state index contributed by atoms with van der Waals surface area (Å²) in [7, 11) is 0. The molecule has 3 rings (SSSR count). The third-order valence-corrected chi connectivity index (χ3v) is 2.99. The minimum absolute atomic E-state index is 0.536. The normalized spacial score (nSPS) is 11.0. The number of fused-ring (bicyclic) bond motifs is 1. The summed E-state index contributed by atoms with van der Waals surface area (Å²) in [6.45, 7) is 0. The molecule has 0 aliphatic carbocycles. The van der Waals surface area contributed by atoms with Crippen molar-refractivity contribution in [1.82, 2.24) is 15.0 Å². The predicted octanol–water partition coefficient (Wildman–Crippen LogP) is 3.51. The Hall–Kier alpha value is -1.78. The molecule has 3 N–H and O–H groups in total. The fourth-order valence-electron chi connectivity index (χ4n) is 1.74. The summed E-state index contributed by atoms with van der Waals surface area (Å²) in [5.74, 6) is 0.635. The number of imidazole rings is 1. The van der Waals surface area contributed by atoms with Crippen molar-refractivity contribution in [3.8, 4) is 11.5 Å². The van der Waals surface area contributed by atoms with Gasteiger partial charge in [0.25, 0.3) is 0 Å². The first-order chi connectivity index (χ1) is 8.63. The highest BCUT2D eigenvalue weighted by Crippen LogP contribution is 2.27. The first-order valence-electron chi connectivity index (χ1n) is 5.20. The molecule has 0 fully saturated rings. The van der Waals surface area contributed by atoms with E-state index in [4.69, 9.17) is 28.9 Å². The number of halogens is 2. The number of nitrogens with one attached hydrogen (secondary N) is 1. The summed E-state index contributed by atoms with van der Waals surface area (Å²) in [6.07, 6.45) is 1.57. The molecule has 0 unspecified atom stereocenters. The Morgan fingerprint density at radius 2 is 1.94 bits per heavy atom. The van der Waals surface area contributed by atoms with Crippen LogP contribution in [0.4, 0.5) is 5.69 Å². The Morgan fingerprint density at radius 3 is 2.67 bits per heavy atom. The summed E-state index contributed by atoms with van der Waals surface area (Å²) >= 11 is 11.7. The number of H-pyrrole nitrogens is 1. The first kappa shape index (κ1) is 11.3. The maximum Gasteiger partial charge on any atom is 0.157 e. The smallest absolute Gasteiger partial charge is 0.157 e. The van der Waals surface area contributed by atoms with Crippen LogP contribution < -0.4 is 5.73 Å². The van der Waals surface area contributed by atoms with Crippen LogP contribution in [-0.2, 0) is 0 Å². The average molecular weight is 279 g/mol. The lowest BCUT2D eigenvalue weighted by molar-refractivity contribution is 1.24. The molecule has 0 bridgehead atoms. The number of nitrogens with zero attached hydrogens (tertiary/aromatic N) is 2. The maximum atomic E-state index is 5.94. The number of nitrogen functional groups attached to an aromatic ring is 1. The summed E-state index contributed by atoms with van der Waals surface area (Å²) in [5, 5.41) is 1.15. The second kappa shape index (κ2) is 4.15. The van der Waals surface area contributed by atoms with Crippen molar-refractivity contribution in [2.75, 3.05) is 5.73 Å². The van der Waals surface area contributed by atoms with Crippen molar-refractivity contribution in [1.29, 1.82) is 0 Å². The van der Waals surface area contributed by atoms with Crippen LogP contribution in [-0.4, -0.2) is 15.0 Å². The van der Waals surface area contributed by atoms with Crippen LogP contribution in [0.2, 0.25) is 10.0 Å². The van der Waals surface area contributed by atoms with Crippen LogP contribution in [0.15, 0.2) is 30.5 Å². The van der Waals surface area contributed by atoms with E-state index >= 15 is 0 Å². The molecule has 4 nitrogen and oxygen atoms in total. The van der Waals surface area contributed by atoms with E-state index < -0.39 is 0 Å². The molecule has 2 heterocycles. The summed E-state index contributed by atoms with van der Waals surface area (Å²) in [4.78, 5) is 11.7. The Balaban J connectivity index is 2.19. The topological polar surface area (TPSA) is 67.6 Å². The van der Waals surface area contributed by atoms with E-state index in [1.807, 2.05) is 0 Å². The minimum atomic E-state index is 0.536. The van der Waals surface area contributed by atoms with Gasteiger partial charge in [-0.1, -0.05) is 23.2 Å². The van der Waals surface area contributed by atoms with Gasteiger partial charge in [-0.15, -0.1) is 0 Å². The average Bonchev–Trinajstić information content (AvgIpc) is 2.74. The van der Waals surface area contributed by atoms with Gasteiger partial charge in [-0.25, -0.2) is 4.98 Å². The summed E-state index contributed by atoms with van der Waals surface area (Å²) < 4.78 is 0. The third kappa shape index (κ3) is 1.89. The Bertz CT molecular complexity index is 719. The number of benzene rings is 1. The van der Waals surface area contributed by atoms with E-state index in [0.29, 0.717) is 32.8 Å². The minimum Gasteiger partial charge on any atom is -0.397 e. The largest absolute Gasteiger partial charge is 0.397 e. The van der Waals surface area contributed by atoms with Crippen LogP contribution in [0.5, 0.6) is 0 Å². The molecular formula is C12H8Cl2N4. The Kier molecular flexibility index (Phi) is 2.61. The van der Waals surface area contributed by atoms with E-state index in [1.165, 1.54) is 0 Å². The molecule has 0 saturated carbocycles. The molecule has 1 aromatic carbocycles. The van der Waals surface area contributed by atoms with Gasteiger partial charge in [-0.2, -0.15) is 0 Å². The van der Waals surface area contributed by atoms with Crippen molar-refractivity contribution >= 4 is 39.9 Å². The van der Waals surface area contributed by atoms with Gasteiger partial charge < -0.3 is 10.7 Å². The highest BCUT2D eigenvalue weighted by atomic mass is 35.5. The molecule has 0 amide bonds. The second-order valence-electron chi connectivity index (χ2n) is 3.84. The molecule has 0 atom stereocenters. The van der Waals surface area contributed by atoms with E-state index in [2.05, 4.69) is 15.0 Å². The van der Waals surface area contributed by atoms with Crippen LogP contribution in [0, 0.1) is 0 Å². The third-order valence-electron chi connectivity index (χ3n) is 2.55. The van der Waals surface area contributed by atoms with E-state index in [-0.39, 0.29) is 0 Å².